The molecule has 0 aliphatic heterocycles. The Balaban J connectivity index is 1.50. The van der Waals surface area contributed by atoms with Crippen molar-refractivity contribution in [2.45, 2.75) is 13.3 Å². The number of pyridine rings is 1. The fourth-order valence-electron chi connectivity index (χ4n) is 3.38. The van der Waals surface area contributed by atoms with Crippen molar-refractivity contribution in [3.8, 4) is 22.9 Å². The molecule has 0 amide bonds. The van der Waals surface area contributed by atoms with E-state index in [9.17, 15) is 9.59 Å². The molecule has 32 heavy (non-hydrogen) atoms. The van der Waals surface area contributed by atoms with E-state index in [-0.39, 0.29) is 5.78 Å². The number of Topliss-reactive ketones (excluding diaryl/α,β-unsaturated/α-hetero) is 1. The molecule has 160 valence electrons. The first-order chi connectivity index (χ1) is 15.5. The summed E-state index contributed by atoms with van der Waals surface area (Å²) in [7, 11) is 1.33. The van der Waals surface area contributed by atoms with Crippen molar-refractivity contribution >= 4 is 11.8 Å². The van der Waals surface area contributed by atoms with Gasteiger partial charge in [0.1, 0.15) is 11.5 Å². The van der Waals surface area contributed by atoms with Crippen molar-refractivity contribution in [1.29, 1.82) is 0 Å². The third-order valence-electron chi connectivity index (χ3n) is 4.95. The van der Waals surface area contributed by atoms with Crippen molar-refractivity contribution in [3.63, 3.8) is 0 Å². The highest BCUT2D eigenvalue weighted by Gasteiger charge is 2.12. The number of ether oxygens (including phenoxy) is 2. The predicted molar refractivity (Wildman–Crippen MR) is 121 cm³/mol. The average Bonchev–Trinajstić information content (AvgIpc) is 3.29. The largest absolute Gasteiger partial charge is 0.465 e. The Morgan fingerprint density at radius 3 is 2.56 bits per heavy atom. The van der Waals surface area contributed by atoms with Crippen LogP contribution in [0.3, 0.4) is 0 Å². The third-order valence-corrected chi connectivity index (χ3v) is 4.95. The highest BCUT2D eigenvalue weighted by molar-refractivity contribution is 5.97. The van der Waals surface area contributed by atoms with Crippen molar-refractivity contribution in [1.82, 2.24) is 9.97 Å². The lowest BCUT2D eigenvalue weighted by Gasteiger charge is -2.09. The summed E-state index contributed by atoms with van der Waals surface area (Å²) in [5.74, 6) is 0.719. The summed E-state index contributed by atoms with van der Waals surface area (Å²) < 4.78 is 10.7. The number of aromatic amines is 1. The minimum Gasteiger partial charge on any atom is -0.465 e. The van der Waals surface area contributed by atoms with E-state index < -0.39 is 5.97 Å². The molecule has 1 N–H and O–H groups in total. The second-order valence-electron chi connectivity index (χ2n) is 7.39. The molecule has 0 spiro atoms. The van der Waals surface area contributed by atoms with Crippen LogP contribution in [-0.2, 0) is 11.2 Å². The number of hydrogen-bond acceptors (Lipinski definition) is 5. The number of carbonyl (C=O) groups excluding carboxylic acids is 2. The van der Waals surface area contributed by atoms with Crippen LogP contribution < -0.4 is 4.74 Å². The van der Waals surface area contributed by atoms with E-state index in [0.29, 0.717) is 40.4 Å². The molecule has 0 fully saturated rings. The van der Waals surface area contributed by atoms with E-state index in [2.05, 4.69) is 9.97 Å². The quantitative estimate of drug-likeness (QED) is 0.317. The van der Waals surface area contributed by atoms with E-state index in [1.54, 1.807) is 54.9 Å². The molecule has 2 heterocycles. The molecule has 2 aromatic carbocycles. The molecule has 0 unspecified atom stereocenters. The number of rotatable bonds is 7. The summed E-state index contributed by atoms with van der Waals surface area (Å²) in [5.41, 5.74) is 4.39. The SMILES string of the molecule is COC(=O)c1c[nH]c(-c2cc(Oc3cccc(C(=O)Cc4cccc(C)c4)c3)ccn2)c1. The maximum absolute atomic E-state index is 12.7. The molecule has 0 radical (unpaired) electrons. The summed E-state index contributed by atoms with van der Waals surface area (Å²) >= 11 is 0. The number of aromatic nitrogens is 2. The number of ketones is 1. The van der Waals surface area contributed by atoms with Gasteiger partial charge in [0.25, 0.3) is 0 Å². The number of carbonyl (C=O) groups is 2. The van der Waals surface area contributed by atoms with Gasteiger partial charge in [-0.2, -0.15) is 0 Å². The molecule has 0 bridgehead atoms. The Morgan fingerprint density at radius 1 is 0.938 bits per heavy atom. The number of nitrogens with one attached hydrogen (secondary N) is 1. The number of aryl methyl sites for hydroxylation is 1. The number of benzene rings is 2. The van der Waals surface area contributed by atoms with Crippen LogP contribution in [0.25, 0.3) is 11.4 Å². The predicted octanol–water partition coefficient (Wildman–Crippen LogP) is 5.39. The second-order valence-corrected chi connectivity index (χ2v) is 7.39. The number of hydrogen-bond donors (Lipinski definition) is 1. The van der Waals surface area contributed by atoms with Gasteiger partial charge >= 0.3 is 5.97 Å². The summed E-state index contributed by atoms with van der Waals surface area (Å²) in [6, 6.07) is 20.2. The number of methoxy groups -OCH3 is 1. The van der Waals surface area contributed by atoms with Crippen molar-refractivity contribution in [2.24, 2.45) is 0 Å². The highest BCUT2D eigenvalue weighted by Crippen LogP contribution is 2.26. The summed E-state index contributed by atoms with van der Waals surface area (Å²) in [4.78, 5) is 31.8. The molecule has 0 atom stereocenters. The minimum absolute atomic E-state index is 0.0261. The topological polar surface area (TPSA) is 81.3 Å². The van der Waals surface area contributed by atoms with Crippen LogP contribution in [0, 0.1) is 6.92 Å². The normalized spacial score (nSPS) is 10.6. The zero-order valence-electron chi connectivity index (χ0n) is 17.8. The standard InChI is InChI=1S/C26H22N2O4/c1-17-5-3-6-18(11-17)12-25(29)19-7-4-8-21(13-19)32-22-9-10-27-24(15-22)23-14-20(16-28-23)26(30)31-2/h3-11,13-16,28H,12H2,1-2H3. The van der Waals surface area contributed by atoms with Gasteiger partial charge in [-0.1, -0.05) is 42.0 Å². The van der Waals surface area contributed by atoms with Crippen LogP contribution in [0.5, 0.6) is 11.5 Å². The van der Waals surface area contributed by atoms with Gasteiger partial charge in [0.15, 0.2) is 5.78 Å². The number of nitrogens with zero attached hydrogens (tertiary/aromatic N) is 1. The Hall–Kier alpha value is -4.19. The summed E-state index contributed by atoms with van der Waals surface area (Å²) in [5, 5.41) is 0. The van der Waals surface area contributed by atoms with E-state index >= 15 is 0 Å². The van der Waals surface area contributed by atoms with Crippen LogP contribution >= 0.6 is 0 Å². The van der Waals surface area contributed by atoms with Gasteiger partial charge in [0.05, 0.1) is 24.1 Å². The van der Waals surface area contributed by atoms with E-state index in [1.807, 2.05) is 31.2 Å². The van der Waals surface area contributed by atoms with Crippen LogP contribution in [0.4, 0.5) is 0 Å². The van der Waals surface area contributed by atoms with Crippen molar-refractivity contribution in [2.75, 3.05) is 7.11 Å². The zero-order chi connectivity index (χ0) is 22.5. The van der Waals surface area contributed by atoms with Gasteiger partial charge in [-0.15, -0.1) is 0 Å². The van der Waals surface area contributed by atoms with Crippen LogP contribution in [-0.4, -0.2) is 28.8 Å². The molecule has 0 saturated carbocycles. The number of esters is 1. The Morgan fingerprint density at radius 2 is 1.75 bits per heavy atom. The molecule has 0 aliphatic carbocycles. The highest BCUT2D eigenvalue weighted by atomic mass is 16.5. The van der Waals surface area contributed by atoms with Crippen LogP contribution in [0.15, 0.2) is 79.1 Å². The van der Waals surface area contributed by atoms with E-state index in [1.165, 1.54) is 7.11 Å². The lowest BCUT2D eigenvalue weighted by atomic mass is 10.0. The fraction of sp³-hybridized carbons (Fsp3) is 0.115. The summed E-state index contributed by atoms with van der Waals surface area (Å²) in [6.07, 6.45) is 3.52. The molecular formula is C26H22N2O4. The zero-order valence-corrected chi connectivity index (χ0v) is 17.8. The lowest BCUT2D eigenvalue weighted by Crippen LogP contribution is -2.03. The van der Waals surface area contributed by atoms with Gasteiger partial charge < -0.3 is 14.5 Å². The Labute approximate surface area is 185 Å². The van der Waals surface area contributed by atoms with Crippen LogP contribution in [0.1, 0.15) is 31.8 Å². The molecule has 4 rings (SSSR count). The average molecular weight is 426 g/mol. The second kappa shape index (κ2) is 9.31. The van der Waals surface area contributed by atoms with E-state index in [4.69, 9.17) is 9.47 Å². The maximum atomic E-state index is 12.7. The molecule has 0 saturated heterocycles. The first-order valence-electron chi connectivity index (χ1n) is 10.1. The first-order valence-corrected chi connectivity index (χ1v) is 10.1. The van der Waals surface area contributed by atoms with Crippen molar-refractivity contribution in [3.05, 3.63) is 101 Å². The fourth-order valence-corrected chi connectivity index (χ4v) is 3.38. The Bertz CT molecular complexity index is 1280. The third kappa shape index (κ3) is 4.92. The first kappa shape index (κ1) is 21.1. The van der Waals surface area contributed by atoms with Crippen molar-refractivity contribution < 1.29 is 19.1 Å². The molecular weight excluding hydrogens is 404 g/mol. The van der Waals surface area contributed by atoms with Gasteiger partial charge in [-0.3, -0.25) is 9.78 Å². The lowest BCUT2D eigenvalue weighted by molar-refractivity contribution is 0.0601. The van der Waals surface area contributed by atoms with Gasteiger partial charge in [0, 0.05) is 30.4 Å². The van der Waals surface area contributed by atoms with Gasteiger partial charge in [0.2, 0.25) is 0 Å². The molecule has 2 aromatic heterocycles. The van der Waals surface area contributed by atoms with Gasteiger partial charge in [-0.05, 0) is 36.8 Å². The molecule has 6 nitrogen and oxygen atoms in total. The van der Waals surface area contributed by atoms with E-state index in [0.717, 1.165) is 11.1 Å². The monoisotopic (exact) mass is 426 g/mol. The Kier molecular flexibility index (Phi) is 6.12. The van der Waals surface area contributed by atoms with Gasteiger partial charge in [-0.25, -0.2) is 4.79 Å². The minimum atomic E-state index is -0.424. The molecule has 4 aromatic rings. The smallest absolute Gasteiger partial charge is 0.339 e. The number of H-pyrrole nitrogens is 1. The summed E-state index contributed by atoms with van der Waals surface area (Å²) in [6.45, 7) is 2.01. The van der Waals surface area contributed by atoms with Crippen LogP contribution in [0.2, 0.25) is 0 Å². The maximum Gasteiger partial charge on any atom is 0.339 e. The molecule has 6 heteroatoms. The molecule has 0 aliphatic rings.